The number of hydrogen-bond donors (Lipinski definition) is 0. The van der Waals surface area contributed by atoms with Crippen LogP contribution in [-0.2, 0) is 25.3 Å². The minimum absolute atomic E-state index is 0.0139. The third-order valence-corrected chi connectivity index (χ3v) is 17.5. The molecule has 4 fully saturated rings. The Morgan fingerprint density at radius 1 is 0.889 bits per heavy atom. The second-order valence-electron chi connectivity index (χ2n) is 15.1. The SMILES string of the molecule is CC[C@@]1(C)C[C@H]2O[Si](c3ccccc3)(c3ccccc3)C[C@@H]3CC[C@]4(CCC(=O)C4[C@@]32C)[C@H](C)[C@@H]1OCOCc1ccccc1. The lowest BCUT2D eigenvalue weighted by Gasteiger charge is -2.67. The van der Waals surface area contributed by atoms with Crippen LogP contribution in [0.5, 0.6) is 0 Å². The van der Waals surface area contributed by atoms with Gasteiger partial charge < -0.3 is 13.9 Å². The summed E-state index contributed by atoms with van der Waals surface area (Å²) >= 11 is 0. The highest BCUT2D eigenvalue weighted by molar-refractivity contribution is 6.97. The van der Waals surface area contributed by atoms with Crippen LogP contribution >= 0.6 is 0 Å². The average molecular weight is 623 g/mol. The molecular formula is C40H50O4Si. The summed E-state index contributed by atoms with van der Waals surface area (Å²) < 4.78 is 20.9. The van der Waals surface area contributed by atoms with Gasteiger partial charge in [-0.05, 0) is 76.8 Å². The number of carbonyl (C=O) groups is 1. The molecule has 1 heterocycles. The van der Waals surface area contributed by atoms with Gasteiger partial charge in [-0.2, -0.15) is 0 Å². The zero-order valence-electron chi connectivity index (χ0n) is 27.5. The molecule has 3 aliphatic carbocycles. The fraction of sp³-hybridized carbons (Fsp3) is 0.525. The standard InChI is InChI=1S/C40H50O4Si/c1-5-38(3)25-35-39(4)31(27-45(44-35,32-17-11-7-12-18-32)33-19-13-8-14-20-33)21-23-40(24-22-34(41)36(39)40)29(2)37(38)43-28-42-26-30-15-9-6-10-16-30/h6-20,29,31,35-37H,5,21-28H2,1-4H3/t29-,31+,35-,36?,37+,38+,39+,40+/m1/s1. The van der Waals surface area contributed by atoms with E-state index in [2.05, 4.69) is 100 Å². The Balaban J connectivity index is 1.30. The second kappa shape index (κ2) is 11.9. The maximum atomic E-state index is 14.2. The highest BCUT2D eigenvalue weighted by Crippen LogP contribution is 2.70. The molecule has 2 bridgehead atoms. The molecule has 1 saturated heterocycles. The van der Waals surface area contributed by atoms with Crippen molar-refractivity contribution >= 4 is 24.5 Å². The molecule has 3 aromatic rings. The van der Waals surface area contributed by atoms with Gasteiger partial charge in [0.2, 0.25) is 0 Å². The Bertz CT molecular complexity index is 1440. The molecule has 0 aromatic heterocycles. The van der Waals surface area contributed by atoms with Crippen molar-refractivity contribution in [1.29, 1.82) is 0 Å². The van der Waals surface area contributed by atoms with E-state index in [9.17, 15) is 4.79 Å². The topological polar surface area (TPSA) is 44.8 Å². The van der Waals surface area contributed by atoms with Crippen molar-refractivity contribution in [1.82, 2.24) is 0 Å². The number of rotatable bonds is 8. The van der Waals surface area contributed by atoms with Crippen molar-refractivity contribution in [3.05, 3.63) is 96.6 Å². The van der Waals surface area contributed by atoms with Crippen LogP contribution in [0.25, 0.3) is 0 Å². The van der Waals surface area contributed by atoms with Crippen LogP contribution in [0.2, 0.25) is 6.04 Å². The Kier molecular flexibility index (Phi) is 8.21. The van der Waals surface area contributed by atoms with Crippen LogP contribution in [0.15, 0.2) is 91.0 Å². The zero-order valence-corrected chi connectivity index (χ0v) is 28.5. The van der Waals surface area contributed by atoms with Gasteiger partial charge in [-0.15, -0.1) is 0 Å². The van der Waals surface area contributed by atoms with Crippen LogP contribution in [0.3, 0.4) is 0 Å². The van der Waals surface area contributed by atoms with Crippen molar-refractivity contribution < 1.29 is 18.7 Å². The first-order chi connectivity index (χ1) is 21.8. The molecule has 238 valence electrons. The van der Waals surface area contributed by atoms with E-state index in [1.165, 1.54) is 10.4 Å². The minimum atomic E-state index is -2.62. The van der Waals surface area contributed by atoms with Gasteiger partial charge >= 0.3 is 0 Å². The maximum Gasteiger partial charge on any atom is 0.256 e. The summed E-state index contributed by atoms with van der Waals surface area (Å²) in [5, 5.41) is 2.70. The van der Waals surface area contributed by atoms with E-state index in [-0.39, 0.29) is 47.1 Å². The van der Waals surface area contributed by atoms with Crippen molar-refractivity contribution in [2.24, 2.45) is 34.0 Å². The molecule has 45 heavy (non-hydrogen) atoms. The van der Waals surface area contributed by atoms with Gasteiger partial charge in [0, 0.05) is 17.8 Å². The van der Waals surface area contributed by atoms with Crippen molar-refractivity contribution in [2.45, 2.75) is 91.1 Å². The number of benzene rings is 3. The summed E-state index contributed by atoms with van der Waals surface area (Å²) in [7, 11) is -2.62. The highest BCUT2D eigenvalue weighted by atomic mass is 28.4. The predicted molar refractivity (Wildman–Crippen MR) is 182 cm³/mol. The van der Waals surface area contributed by atoms with E-state index in [1.54, 1.807) is 0 Å². The first-order valence-electron chi connectivity index (χ1n) is 17.3. The molecule has 3 saturated carbocycles. The van der Waals surface area contributed by atoms with E-state index < -0.39 is 8.32 Å². The number of Topliss-reactive ketones (excluding diaryl/α,β-unsaturated/α-hetero) is 1. The molecule has 4 nitrogen and oxygen atoms in total. The Labute approximate surface area is 271 Å². The Morgan fingerprint density at radius 2 is 1.51 bits per heavy atom. The average Bonchev–Trinajstić information content (AvgIpc) is 3.43. The molecule has 0 radical (unpaired) electrons. The van der Waals surface area contributed by atoms with Crippen LogP contribution < -0.4 is 10.4 Å². The van der Waals surface area contributed by atoms with Gasteiger partial charge in [0.1, 0.15) is 12.6 Å². The lowest BCUT2D eigenvalue weighted by atomic mass is 9.43. The molecule has 0 N–H and O–H groups in total. The van der Waals surface area contributed by atoms with E-state index in [0.717, 1.165) is 43.7 Å². The highest BCUT2D eigenvalue weighted by Gasteiger charge is 2.71. The number of hydrogen-bond acceptors (Lipinski definition) is 4. The molecule has 0 spiro atoms. The minimum Gasteiger partial charge on any atom is -0.404 e. The van der Waals surface area contributed by atoms with E-state index in [1.807, 2.05) is 18.2 Å². The van der Waals surface area contributed by atoms with Crippen LogP contribution in [0.4, 0.5) is 0 Å². The van der Waals surface area contributed by atoms with Crippen molar-refractivity contribution in [3.63, 3.8) is 0 Å². The summed E-state index contributed by atoms with van der Waals surface area (Å²) in [6.07, 6.45) is 5.72. The zero-order chi connectivity index (χ0) is 31.3. The van der Waals surface area contributed by atoms with Crippen molar-refractivity contribution in [3.8, 4) is 0 Å². The van der Waals surface area contributed by atoms with Crippen LogP contribution in [-0.4, -0.2) is 33.1 Å². The smallest absolute Gasteiger partial charge is 0.256 e. The molecule has 3 aromatic carbocycles. The molecule has 5 heteroatoms. The molecule has 0 amide bonds. The van der Waals surface area contributed by atoms with E-state index >= 15 is 0 Å². The van der Waals surface area contributed by atoms with Gasteiger partial charge in [-0.1, -0.05) is 119 Å². The summed E-state index contributed by atoms with van der Waals surface area (Å²) in [5.41, 5.74) is 0.771. The summed E-state index contributed by atoms with van der Waals surface area (Å²) in [4.78, 5) is 14.2. The van der Waals surface area contributed by atoms with Gasteiger partial charge in [0.05, 0.1) is 18.8 Å². The van der Waals surface area contributed by atoms with E-state index in [0.29, 0.717) is 24.7 Å². The summed E-state index contributed by atoms with van der Waals surface area (Å²) in [6, 6.07) is 33.5. The molecule has 4 aliphatic rings. The fourth-order valence-corrected chi connectivity index (χ4v) is 15.4. The van der Waals surface area contributed by atoms with E-state index in [4.69, 9.17) is 13.9 Å². The van der Waals surface area contributed by atoms with Gasteiger partial charge in [-0.3, -0.25) is 4.79 Å². The second-order valence-corrected chi connectivity index (χ2v) is 18.6. The predicted octanol–water partition coefficient (Wildman–Crippen LogP) is 7.54. The van der Waals surface area contributed by atoms with Gasteiger partial charge in [-0.25, -0.2) is 0 Å². The van der Waals surface area contributed by atoms with Crippen LogP contribution in [0.1, 0.15) is 71.8 Å². The first-order valence-corrected chi connectivity index (χ1v) is 19.4. The number of ether oxygens (including phenoxy) is 2. The Morgan fingerprint density at radius 3 is 2.13 bits per heavy atom. The number of carbonyl (C=O) groups excluding carboxylic acids is 1. The van der Waals surface area contributed by atoms with Gasteiger partial charge in [0.25, 0.3) is 8.32 Å². The van der Waals surface area contributed by atoms with Gasteiger partial charge in [0.15, 0.2) is 0 Å². The number of ketones is 1. The lowest BCUT2D eigenvalue weighted by molar-refractivity contribution is -0.228. The molecule has 1 aliphatic heterocycles. The summed E-state index contributed by atoms with van der Waals surface area (Å²) in [6.45, 7) is 10.4. The summed E-state index contributed by atoms with van der Waals surface area (Å²) in [5.74, 6) is 1.18. The monoisotopic (exact) mass is 622 g/mol. The quantitative estimate of drug-likeness (QED) is 0.148. The third kappa shape index (κ3) is 4.92. The first kappa shape index (κ1) is 31.0. The maximum absolute atomic E-state index is 14.2. The largest absolute Gasteiger partial charge is 0.404 e. The molecule has 7 rings (SSSR count). The van der Waals surface area contributed by atoms with Crippen LogP contribution in [0, 0.1) is 34.0 Å². The molecular weight excluding hydrogens is 573 g/mol. The van der Waals surface area contributed by atoms with Crippen molar-refractivity contribution in [2.75, 3.05) is 6.79 Å². The fourth-order valence-electron chi connectivity index (χ4n) is 10.7. The molecule has 1 unspecified atom stereocenters. The Hall–Kier alpha value is -2.57. The normalized spacial score (nSPS) is 37.0. The third-order valence-electron chi connectivity index (χ3n) is 13.2. The molecule has 8 atom stereocenters. The lowest BCUT2D eigenvalue weighted by Crippen LogP contribution is -2.74.